The number of hydrogen-bond donors (Lipinski definition) is 3. The smallest absolute Gasteiger partial charge is 0.325 e. The number of aliphatic carboxylic acids is 1. The van der Waals surface area contributed by atoms with E-state index in [0.717, 1.165) is 28.0 Å². The van der Waals surface area contributed by atoms with Gasteiger partial charge in [0.25, 0.3) is 0 Å². The summed E-state index contributed by atoms with van der Waals surface area (Å²) in [6.07, 6.45) is 5.03. The Morgan fingerprint density at radius 1 is 1.00 bits per heavy atom. The van der Waals surface area contributed by atoms with Gasteiger partial charge in [-0.2, -0.15) is 4.72 Å². The predicted octanol–water partition coefficient (Wildman–Crippen LogP) is 5.51. The first-order valence-electron chi connectivity index (χ1n) is 12.0. The molecule has 37 heavy (non-hydrogen) atoms. The first-order chi connectivity index (χ1) is 17.7. The minimum atomic E-state index is -4.24. The molecule has 190 valence electrons. The molecule has 3 aromatic rings. The Hall–Kier alpha value is -3.39. The molecule has 0 aliphatic heterocycles. The molecule has 0 amide bonds. The van der Waals surface area contributed by atoms with Gasteiger partial charge in [-0.3, -0.25) is 4.79 Å². The molecule has 0 bridgehead atoms. The Kier molecular flexibility index (Phi) is 6.70. The maximum atomic E-state index is 13.4. The van der Waals surface area contributed by atoms with Gasteiger partial charge in [0.2, 0.25) is 10.0 Å². The molecule has 0 spiro atoms. The maximum Gasteiger partial charge on any atom is 0.325 e. The van der Waals surface area contributed by atoms with E-state index in [0.29, 0.717) is 6.54 Å². The lowest BCUT2D eigenvalue weighted by Crippen LogP contribution is -2.51. The number of carboxylic acid groups (broad SMARTS) is 1. The van der Waals surface area contributed by atoms with Crippen molar-refractivity contribution in [1.29, 1.82) is 0 Å². The van der Waals surface area contributed by atoms with Crippen LogP contribution in [-0.4, -0.2) is 29.2 Å². The number of rotatable bonds is 9. The molecule has 0 heterocycles. The van der Waals surface area contributed by atoms with Gasteiger partial charge >= 0.3 is 5.97 Å². The van der Waals surface area contributed by atoms with E-state index in [1.165, 1.54) is 6.08 Å². The Bertz CT molecular complexity index is 1470. The van der Waals surface area contributed by atoms with Crippen LogP contribution in [-0.2, 0) is 21.4 Å². The fourth-order valence-electron chi connectivity index (χ4n) is 4.69. The lowest BCUT2D eigenvalue weighted by molar-refractivity contribution is -0.140. The van der Waals surface area contributed by atoms with Crippen LogP contribution in [0, 0.1) is 0 Å². The van der Waals surface area contributed by atoms with E-state index in [1.54, 1.807) is 12.2 Å². The van der Waals surface area contributed by atoms with Crippen LogP contribution in [0.1, 0.15) is 35.4 Å². The van der Waals surface area contributed by atoms with E-state index in [4.69, 9.17) is 11.6 Å². The molecular formula is C29H27ClN2O4S. The van der Waals surface area contributed by atoms with Crippen LogP contribution >= 0.6 is 11.6 Å². The second-order valence-electron chi connectivity index (χ2n) is 9.45. The quantitative estimate of drug-likeness (QED) is 0.315. The lowest BCUT2D eigenvalue weighted by Gasteiger charge is -2.28. The summed E-state index contributed by atoms with van der Waals surface area (Å²) in [6, 6.07) is 26.9. The van der Waals surface area contributed by atoms with Crippen molar-refractivity contribution in [3.8, 4) is 0 Å². The number of carboxylic acids is 1. The van der Waals surface area contributed by atoms with Crippen LogP contribution in [0.3, 0.4) is 0 Å². The second kappa shape index (κ2) is 9.82. The number of nitrogens with one attached hydrogen (secondary N) is 2. The average Bonchev–Trinajstić information content (AvgIpc) is 3.64. The van der Waals surface area contributed by atoms with E-state index in [1.807, 2.05) is 84.9 Å². The van der Waals surface area contributed by atoms with Crippen LogP contribution in [0.15, 0.2) is 103 Å². The molecule has 0 saturated heterocycles. The minimum absolute atomic E-state index is 0.0177. The zero-order valence-corrected chi connectivity index (χ0v) is 21.5. The van der Waals surface area contributed by atoms with Gasteiger partial charge < -0.3 is 10.4 Å². The monoisotopic (exact) mass is 534 g/mol. The summed E-state index contributed by atoms with van der Waals surface area (Å²) >= 11 is 6.59. The Morgan fingerprint density at radius 3 is 2.35 bits per heavy atom. The predicted molar refractivity (Wildman–Crippen MR) is 147 cm³/mol. The number of hydrogen-bond acceptors (Lipinski definition) is 4. The molecule has 1 saturated carbocycles. The summed E-state index contributed by atoms with van der Waals surface area (Å²) in [4.78, 5) is 12.3. The molecule has 0 radical (unpaired) electrons. The average molecular weight is 535 g/mol. The Morgan fingerprint density at radius 2 is 1.70 bits per heavy atom. The third-order valence-corrected chi connectivity index (χ3v) is 9.67. The molecule has 3 atom stereocenters. The lowest BCUT2D eigenvalue weighted by atomic mass is 9.99. The first kappa shape index (κ1) is 25.3. The molecule has 8 heteroatoms. The molecule has 0 aromatic heterocycles. The van der Waals surface area contributed by atoms with E-state index < -0.39 is 31.7 Å². The van der Waals surface area contributed by atoms with Gasteiger partial charge in [-0.05, 0) is 46.9 Å². The van der Waals surface area contributed by atoms with Crippen molar-refractivity contribution in [2.75, 3.05) is 5.32 Å². The topological polar surface area (TPSA) is 95.5 Å². The summed E-state index contributed by atoms with van der Waals surface area (Å²) in [6.45, 7) is 0.616. The molecule has 3 N–H and O–H groups in total. The van der Waals surface area contributed by atoms with Crippen LogP contribution < -0.4 is 10.0 Å². The summed E-state index contributed by atoms with van der Waals surface area (Å²) in [5.74, 6) is -1.73. The van der Waals surface area contributed by atoms with Crippen LogP contribution in [0.2, 0.25) is 0 Å². The van der Waals surface area contributed by atoms with Gasteiger partial charge in [0.1, 0.15) is 5.54 Å². The van der Waals surface area contributed by atoms with Crippen LogP contribution in [0.25, 0.3) is 5.57 Å². The highest BCUT2D eigenvalue weighted by molar-refractivity contribution is 7.92. The molecule has 1 fully saturated rings. The van der Waals surface area contributed by atoms with E-state index in [9.17, 15) is 18.3 Å². The van der Waals surface area contributed by atoms with Gasteiger partial charge in [-0.1, -0.05) is 96.5 Å². The number of sulfonamides is 1. The van der Waals surface area contributed by atoms with Gasteiger partial charge in [0.05, 0.1) is 0 Å². The molecule has 3 aromatic carbocycles. The standard InChI is InChI=1S/C29H27ClN2O4S/c30-28(16-14-23(15-17-28)22-10-5-2-6-11-22)37(35,36)32-29(27(33)34)19-26(29)24-12-7-13-25(18-24)31-20-21-8-3-1-4-9-21/h1-16,18,26,31-32H,17,19-20H2,(H,33,34)/t26-,28?,29+/m0/s1. The highest BCUT2D eigenvalue weighted by Crippen LogP contribution is 2.53. The second-order valence-corrected chi connectivity index (χ2v) is 12.3. The largest absolute Gasteiger partial charge is 0.480 e. The Balaban J connectivity index is 1.31. The van der Waals surface area contributed by atoms with Crippen molar-refractivity contribution in [1.82, 2.24) is 4.72 Å². The van der Waals surface area contributed by atoms with Crippen LogP contribution in [0.4, 0.5) is 5.69 Å². The summed E-state index contributed by atoms with van der Waals surface area (Å²) < 4.78 is 27.5. The van der Waals surface area contributed by atoms with Crippen molar-refractivity contribution in [3.05, 3.63) is 120 Å². The number of benzene rings is 3. The van der Waals surface area contributed by atoms with E-state index in [2.05, 4.69) is 10.0 Å². The highest BCUT2D eigenvalue weighted by atomic mass is 35.5. The molecule has 2 aliphatic rings. The number of anilines is 1. The first-order valence-corrected chi connectivity index (χ1v) is 13.9. The SMILES string of the molecule is O=C(O)[C@@]1(NS(=O)(=O)C2(Cl)C=CC(c3ccccc3)=CC2)C[C@H]1c1cccc(NCc2ccccc2)c1. The van der Waals surface area contributed by atoms with E-state index >= 15 is 0 Å². The number of carbonyl (C=O) groups is 1. The normalized spacial score (nSPS) is 24.8. The fraction of sp³-hybridized carbons (Fsp3) is 0.207. The van der Waals surface area contributed by atoms with Crippen molar-refractivity contribution in [3.63, 3.8) is 0 Å². The number of allylic oxidation sites excluding steroid dienone is 3. The number of halogens is 1. The molecule has 5 rings (SSSR count). The van der Waals surface area contributed by atoms with Gasteiger partial charge in [0.15, 0.2) is 4.21 Å². The third-order valence-electron chi connectivity index (χ3n) is 6.95. The zero-order valence-electron chi connectivity index (χ0n) is 20.0. The van der Waals surface area contributed by atoms with Crippen molar-refractivity contribution in [2.45, 2.75) is 35.0 Å². The van der Waals surface area contributed by atoms with Gasteiger partial charge in [-0.25, -0.2) is 8.42 Å². The number of alkyl halides is 1. The van der Waals surface area contributed by atoms with Gasteiger partial charge in [0, 0.05) is 24.6 Å². The Labute approximate surface area is 221 Å². The summed E-state index contributed by atoms with van der Waals surface area (Å²) in [5.41, 5.74) is 2.87. The van der Waals surface area contributed by atoms with Crippen molar-refractivity contribution >= 4 is 38.9 Å². The van der Waals surface area contributed by atoms with Crippen molar-refractivity contribution in [2.24, 2.45) is 0 Å². The minimum Gasteiger partial charge on any atom is -0.480 e. The fourth-order valence-corrected chi connectivity index (χ4v) is 6.46. The third kappa shape index (κ3) is 5.07. The molecule has 1 unspecified atom stereocenters. The van der Waals surface area contributed by atoms with Crippen LogP contribution in [0.5, 0.6) is 0 Å². The van der Waals surface area contributed by atoms with Crippen molar-refractivity contribution < 1.29 is 18.3 Å². The molecule has 2 aliphatic carbocycles. The van der Waals surface area contributed by atoms with Gasteiger partial charge in [-0.15, -0.1) is 0 Å². The molecular weight excluding hydrogens is 508 g/mol. The highest BCUT2D eigenvalue weighted by Gasteiger charge is 2.64. The maximum absolute atomic E-state index is 13.4. The molecule has 6 nitrogen and oxygen atoms in total. The summed E-state index contributed by atoms with van der Waals surface area (Å²) in [5, 5.41) is 13.4. The summed E-state index contributed by atoms with van der Waals surface area (Å²) in [7, 11) is -4.24. The zero-order chi connectivity index (χ0) is 26.1. The van der Waals surface area contributed by atoms with E-state index in [-0.39, 0.29) is 12.8 Å².